The van der Waals surface area contributed by atoms with Gasteiger partial charge in [0.2, 0.25) is 0 Å². The summed E-state index contributed by atoms with van der Waals surface area (Å²) in [5, 5.41) is 3.55. The van der Waals surface area contributed by atoms with Gasteiger partial charge in [-0.05, 0) is 48.7 Å². The van der Waals surface area contributed by atoms with Gasteiger partial charge >= 0.3 is 0 Å². The number of rotatable bonds is 4. The molecule has 0 radical (unpaired) electrons. The van der Waals surface area contributed by atoms with Crippen molar-refractivity contribution in [2.24, 2.45) is 0 Å². The van der Waals surface area contributed by atoms with Crippen LogP contribution < -0.4 is 5.32 Å². The van der Waals surface area contributed by atoms with Gasteiger partial charge in [-0.3, -0.25) is 0 Å². The minimum atomic E-state index is 0.341. The minimum Gasteiger partial charge on any atom is -0.306 e. The molecule has 100 valence electrons. The van der Waals surface area contributed by atoms with Crippen molar-refractivity contribution in [2.75, 3.05) is 0 Å². The third-order valence-corrected chi connectivity index (χ3v) is 4.60. The second-order valence-corrected chi connectivity index (χ2v) is 6.51. The molecule has 0 spiro atoms. The zero-order chi connectivity index (χ0) is 13.8. The van der Waals surface area contributed by atoms with Crippen molar-refractivity contribution in [3.8, 4) is 0 Å². The molecular weight excluding hydrogens is 366 g/mol. The van der Waals surface area contributed by atoms with Crippen LogP contribution in [0.4, 0.5) is 0 Å². The Hall–Kier alpha value is -0.640. The van der Waals surface area contributed by atoms with Crippen LogP contribution in [0.2, 0.25) is 0 Å². The van der Waals surface area contributed by atoms with E-state index in [1.54, 1.807) is 0 Å². The Morgan fingerprint density at radius 3 is 2.37 bits per heavy atom. The van der Waals surface area contributed by atoms with Crippen LogP contribution in [0.1, 0.15) is 29.7 Å². The van der Waals surface area contributed by atoms with Crippen LogP contribution in [-0.2, 0) is 6.54 Å². The van der Waals surface area contributed by atoms with E-state index in [2.05, 4.69) is 93.5 Å². The van der Waals surface area contributed by atoms with Gasteiger partial charge in [0.1, 0.15) is 0 Å². The summed E-state index contributed by atoms with van der Waals surface area (Å²) in [5.74, 6) is 0. The van der Waals surface area contributed by atoms with Gasteiger partial charge in [0.25, 0.3) is 0 Å². The highest BCUT2D eigenvalue weighted by Crippen LogP contribution is 2.19. The summed E-state index contributed by atoms with van der Waals surface area (Å²) in [7, 11) is 0. The third-order valence-electron chi connectivity index (χ3n) is 3.22. The number of hydrogen-bond donors (Lipinski definition) is 1. The average Bonchev–Trinajstić information content (AvgIpc) is 2.40. The smallest absolute Gasteiger partial charge is 0.0294 e. The Labute approximate surface area is 131 Å². The molecule has 0 unspecified atom stereocenters. The highest BCUT2D eigenvalue weighted by atomic mass is 79.9. The van der Waals surface area contributed by atoms with E-state index in [1.807, 2.05) is 0 Å². The molecule has 2 rings (SSSR count). The summed E-state index contributed by atoms with van der Waals surface area (Å²) in [6.45, 7) is 5.16. The lowest BCUT2D eigenvalue weighted by atomic mass is 10.1. The van der Waals surface area contributed by atoms with Gasteiger partial charge < -0.3 is 5.32 Å². The fourth-order valence-corrected chi connectivity index (χ4v) is 2.58. The summed E-state index contributed by atoms with van der Waals surface area (Å²) >= 11 is 7.03. The van der Waals surface area contributed by atoms with E-state index in [-0.39, 0.29) is 0 Å². The quantitative estimate of drug-likeness (QED) is 0.749. The zero-order valence-corrected chi connectivity index (χ0v) is 14.3. The first kappa shape index (κ1) is 14.8. The van der Waals surface area contributed by atoms with Crippen molar-refractivity contribution in [3.63, 3.8) is 0 Å². The molecule has 0 saturated carbocycles. The van der Waals surface area contributed by atoms with E-state index in [4.69, 9.17) is 0 Å². The van der Waals surface area contributed by atoms with Crippen molar-refractivity contribution < 1.29 is 0 Å². The van der Waals surface area contributed by atoms with Gasteiger partial charge in [0.15, 0.2) is 0 Å². The lowest BCUT2D eigenvalue weighted by Gasteiger charge is -2.15. The summed E-state index contributed by atoms with van der Waals surface area (Å²) in [5.41, 5.74) is 3.86. The van der Waals surface area contributed by atoms with Crippen LogP contribution in [0.5, 0.6) is 0 Å². The predicted octanol–water partition coefficient (Wildman–Crippen LogP) is 5.37. The maximum Gasteiger partial charge on any atom is 0.0294 e. The molecule has 19 heavy (non-hydrogen) atoms. The lowest BCUT2D eigenvalue weighted by molar-refractivity contribution is 0.574. The second-order valence-electron chi connectivity index (χ2n) is 4.74. The molecule has 1 atom stereocenters. The SMILES string of the molecule is Cc1ccc(CN[C@@H](C)c2ccc(Br)cc2)cc1Br. The van der Waals surface area contributed by atoms with Gasteiger partial charge in [-0.25, -0.2) is 0 Å². The molecule has 0 bridgehead atoms. The molecule has 0 aromatic heterocycles. The first-order valence-corrected chi connectivity index (χ1v) is 7.89. The normalized spacial score (nSPS) is 12.4. The van der Waals surface area contributed by atoms with Crippen molar-refractivity contribution in [1.82, 2.24) is 5.32 Å². The Kier molecular flexibility index (Phi) is 5.20. The Balaban J connectivity index is 1.98. The maximum absolute atomic E-state index is 3.57. The zero-order valence-electron chi connectivity index (χ0n) is 11.1. The van der Waals surface area contributed by atoms with Gasteiger partial charge in [0.05, 0.1) is 0 Å². The van der Waals surface area contributed by atoms with E-state index < -0.39 is 0 Å². The van der Waals surface area contributed by atoms with Crippen LogP contribution in [0.25, 0.3) is 0 Å². The van der Waals surface area contributed by atoms with Crippen molar-refractivity contribution in [1.29, 1.82) is 0 Å². The van der Waals surface area contributed by atoms with Gasteiger partial charge in [-0.15, -0.1) is 0 Å². The molecule has 2 aromatic carbocycles. The highest BCUT2D eigenvalue weighted by Gasteiger charge is 2.05. The molecule has 0 aliphatic rings. The molecule has 1 nitrogen and oxygen atoms in total. The molecule has 1 N–H and O–H groups in total. The Bertz CT molecular complexity index is 549. The van der Waals surface area contributed by atoms with E-state index >= 15 is 0 Å². The molecule has 0 saturated heterocycles. The topological polar surface area (TPSA) is 12.0 Å². The largest absolute Gasteiger partial charge is 0.306 e. The summed E-state index contributed by atoms with van der Waals surface area (Å²) in [6, 6.07) is 15.3. The third kappa shape index (κ3) is 4.16. The standard InChI is InChI=1S/C16H17Br2N/c1-11-3-4-13(9-16(11)18)10-19-12(2)14-5-7-15(17)8-6-14/h3-9,12,19H,10H2,1-2H3/t12-/m0/s1. The Morgan fingerprint density at radius 2 is 1.74 bits per heavy atom. The number of hydrogen-bond acceptors (Lipinski definition) is 1. The lowest BCUT2D eigenvalue weighted by Crippen LogP contribution is -2.18. The van der Waals surface area contributed by atoms with Crippen molar-refractivity contribution in [2.45, 2.75) is 26.4 Å². The molecule has 0 fully saturated rings. The molecule has 0 heterocycles. The fourth-order valence-electron chi connectivity index (χ4n) is 1.89. The van der Waals surface area contributed by atoms with Crippen molar-refractivity contribution in [3.05, 3.63) is 68.1 Å². The van der Waals surface area contributed by atoms with Crippen LogP contribution in [0, 0.1) is 6.92 Å². The minimum absolute atomic E-state index is 0.341. The van der Waals surface area contributed by atoms with E-state index in [0.29, 0.717) is 6.04 Å². The summed E-state index contributed by atoms with van der Waals surface area (Å²) in [4.78, 5) is 0. The first-order valence-electron chi connectivity index (χ1n) is 6.30. The van der Waals surface area contributed by atoms with E-state index in [9.17, 15) is 0 Å². The van der Waals surface area contributed by atoms with Crippen LogP contribution >= 0.6 is 31.9 Å². The number of aryl methyl sites for hydroxylation is 1. The molecule has 3 heteroatoms. The van der Waals surface area contributed by atoms with Crippen LogP contribution in [0.15, 0.2) is 51.4 Å². The molecular formula is C16H17Br2N. The highest BCUT2D eigenvalue weighted by molar-refractivity contribution is 9.10. The van der Waals surface area contributed by atoms with Crippen LogP contribution in [0.3, 0.4) is 0 Å². The van der Waals surface area contributed by atoms with Crippen molar-refractivity contribution >= 4 is 31.9 Å². The monoisotopic (exact) mass is 381 g/mol. The Morgan fingerprint density at radius 1 is 1.05 bits per heavy atom. The predicted molar refractivity (Wildman–Crippen MR) is 88.3 cm³/mol. The fraction of sp³-hybridized carbons (Fsp3) is 0.250. The van der Waals surface area contributed by atoms with E-state index in [1.165, 1.54) is 21.2 Å². The van der Waals surface area contributed by atoms with Gasteiger partial charge in [-0.2, -0.15) is 0 Å². The molecule has 0 amide bonds. The van der Waals surface area contributed by atoms with Crippen LogP contribution in [-0.4, -0.2) is 0 Å². The summed E-state index contributed by atoms with van der Waals surface area (Å²) in [6.07, 6.45) is 0. The first-order chi connectivity index (χ1) is 9.06. The average molecular weight is 383 g/mol. The number of halogens is 2. The van der Waals surface area contributed by atoms with Gasteiger partial charge in [0, 0.05) is 21.5 Å². The number of nitrogens with one attached hydrogen (secondary N) is 1. The number of benzene rings is 2. The van der Waals surface area contributed by atoms with Gasteiger partial charge in [-0.1, -0.05) is 56.1 Å². The van der Waals surface area contributed by atoms with E-state index in [0.717, 1.165) is 11.0 Å². The molecule has 0 aliphatic carbocycles. The second kappa shape index (κ2) is 6.69. The summed E-state index contributed by atoms with van der Waals surface area (Å²) < 4.78 is 2.29. The molecule has 2 aromatic rings. The maximum atomic E-state index is 3.57. The molecule has 0 aliphatic heterocycles.